The fraction of sp³-hybridized carbons (Fsp3) is 0.523. The number of methoxy groups -OCH3 is 1. The third-order valence-electron chi connectivity index (χ3n) is 13.0. The molecule has 3 aromatic rings. The summed E-state index contributed by atoms with van der Waals surface area (Å²) in [7, 11) is -2.67. The van der Waals surface area contributed by atoms with Crippen molar-refractivity contribution in [2.24, 2.45) is 17.8 Å². The summed E-state index contributed by atoms with van der Waals surface area (Å²) in [5.74, 6) is -4.73. The zero-order chi connectivity index (χ0) is 45.8. The van der Waals surface area contributed by atoms with Crippen molar-refractivity contribution in [3.05, 3.63) is 66.5 Å². The van der Waals surface area contributed by atoms with E-state index in [1.807, 2.05) is 6.92 Å². The van der Waals surface area contributed by atoms with E-state index in [0.29, 0.717) is 60.4 Å². The molecule has 2 aliphatic carbocycles. The molecule has 2 aliphatic heterocycles. The number of ether oxygens (including phenoxy) is 2. The van der Waals surface area contributed by atoms with Crippen LogP contribution in [0.5, 0.6) is 11.6 Å². The molecule has 1 saturated heterocycles. The summed E-state index contributed by atoms with van der Waals surface area (Å²) in [4.78, 5) is 62.4. The summed E-state index contributed by atoms with van der Waals surface area (Å²) < 4.78 is 96.8. The van der Waals surface area contributed by atoms with Crippen LogP contribution in [0.25, 0.3) is 22.0 Å². The molecule has 7 rings (SSSR count). The van der Waals surface area contributed by atoms with Crippen LogP contribution < -0.4 is 19.5 Å². The Kier molecular flexibility index (Phi) is 12.2. The van der Waals surface area contributed by atoms with Crippen molar-refractivity contribution in [3.8, 4) is 22.9 Å². The van der Waals surface area contributed by atoms with Crippen LogP contribution in [-0.2, 0) is 24.4 Å². The second-order valence-electron chi connectivity index (χ2n) is 17.7. The first-order chi connectivity index (χ1) is 29.6. The van der Waals surface area contributed by atoms with E-state index in [2.05, 4.69) is 10.0 Å². The molecule has 0 unspecified atom stereocenters. The van der Waals surface area contributed by atoms with Gasteiger partial charge in [0.1, 0.15) is 41.3 Å². The number of allylic oxidation sites excluding steroid dienone is 1. The number of carbonyl (C=O) groups excluding carboxylic acids is 3. The number of amides is 4. The molecule has 19 heteroatoms. The van der Waals surface area contributed by atoms with Crippen LogP contribution in [0.2, 0.25) is 0 Å². The van der Waals surface area contributed by atoms with Gasteiger partial charge in [0.2, 0.25) is 27.7 Å². The molecule has 1 aromatic heterocycles. The second-order valence-corrected chi connectivity index (χ2v) is 19.9. The highest BCUT2D eigenvalue weighted by Crippen LogP contribution is 2.48. The summed E-state index contributed by atoms with van der Waals surface area (Å²) in [6.45, 7) is 5.08. The van der Waals surface area contributed by atoms with E-state index in [-0.39, 0.29) is 36.0 Å². The first kappa shape index (κ1) is 45.6. The zero-order valence-corrected chi connectivity index (χ0v) is 36.3. The van der Waals surface area contributed by atoms with Gasteiger partial charge in [-0.3, -0.25) is 24.0 Å². The first-order valence-corrected chi connectivity index (χ1v) is 22.4. The number of nitrogens with zero attached hydrogens (tertiary/aromatic N) is 3. The Balaban J connectivity index is 1.31. The second kappa shape index (κ2) is 16.9. The van der Waals surface area contributed by atoms with Gasteiger partial charge in [-0.15, -0.1) is 0 Å². The Morgan fingerprint density at radius 1 is 1.08 bits per heavy atom. The molecule has 0 bridgehead atoms. The highest BCUT2D eigenvalue weighted by atomic mass is 32.2. The number of alkyl halides is 3. The molecular formula is C44H51F4N5O9S. The Bertz CT molecular complexity index is 2430. The molecule has 0 spiro atoms. The third kappa shape index (κ3) is 9.15. The van der Waals surface area contributed by atoms with Crippen LogP contribution in [0.1, 0.15) is 72.6 Å². The number of aromatic nitrogens is 1. The number of carboxylic acid groups (broad SMARTS) is 1. The lowest BCUT2D eigenvalue weighted by Crippen LogP contribution is -2.62. The van der Waals surface area contributed by atoms with Crippen molar-refractivity contribution >= 4 is 44.6 Å². The average molecular weight is 902 g/mol. The van der Waals surface area contributed by atoms with Crippen LogP contribution >= 0.6 is 0 Å². The smallest absolute Gasteiger partial charge is 0.408 e. The van der Waals surface area contributed by atoms with Crippen molar-refractivity contribution in [2.75, 3.05) is 13.7 Å². The summed E-state index contributed by atoms with van der Waals surface area (Å²) in [5.41, 5.74) is -0.868. The largest absolute Gasteiger partial charge is 0.497 e. The Hall–Kier alpha value is -5.46. The molecule has 0 radical (unpaired) electrons. The van der Waals surface area contributed by atoms with Crippen molar-refractivity contribution < 1.29 is 59.7 Å². The third-order valence-corrected chi connectivity index (χ3v) is 15.2. The fourth-order valence-electron chi connectivity index (χ4n) is 8.80. The highest BCUT2D eigenvalue weighted by molar-refractivity contribution is 7.91. The SMILES string of the molecule is COc1ccc2c(O[C@@H]3C[C@H]4C(=O)N[C@]5(C(=O)NS(=O)(=O)C6(C)CC6)C[C@H]5/C=C\CC[C@@H](C)C[C@@H](C)[C@H](N(C(=O)O)[C@H](C)C(F)(F)F)C(=O)N4C3)nc(-c3ccc(F)cc3)cc2c1. The Morgan fingerprint density at radius 2 is 1.78 bits per heavy atom. The average Bonchev–Trinajstić information content (AvgIpc) is 4.10. The quantitative estimate of drug-likeness (QED) is 0.157. The van der Waals surface area contributed by atoms with E-state index in [0.717, 1.165) is 4.90 Å². The molecule has 2 aromatic carbocycles. The van der Waals surface area contributed by atoms with Gasteiger partial charge in [0.15, 0.2) is 0 Å². The minimum Gasteiger partial charge on any atom is -0.497 e. The van der Waals surface area contributed by atoms with Crippen LogP contribution in [0.4, 0.5) is 22.4 Å². The molecule has 340 valence electrons. The number of halogens is 4. The number of hydrogen-bond acceptors (Lipinski definition) is 9. The number of benzene rings is 2. The standard InChI is InChI=1S/C44H51F4N5O9S/c1-24-8-6-7-9-29-22-43(29,40(56)51-63(59,60)42(4)16-17-42)50-37(54)35-21-32(23-52(35)39(55)36(25(2)18-24)53(41(57)58)26(3)44(46,47)48)62-38-33-15-14-31(61-5)19-28(33)20-34(49-38)27-10-12-30(45)13-11-27/h7,9-15,19-20,24-26,29,32,35-36H,6,8,16-18,21-23H2,1-5H3,(H,50,54)(H,51,56)(H,57,58)/b9-7-/t24-,25-,26-,29-,32-,35+,36+,43-/m1/s1. The van der Waals surface area contributed by atoms with Gasteiger partial charge in [-0.05, 0) is 118 Å². The zero-order valence-electron chi connectivity index (χ0n) is 35.4. The number of rotatable bonds is 9. The molecule has 2 saturated carbocycles. The number of pyridine rings is 1. The molecule has 3 N–H and O–H groups in total. The molecule has 63 heavy (non-hydrogen) atoms. The lowest BCUT2D eigenvalue weighted by Gasteiger charge is -2.40. The number of hydrogen-bond donors (Lipinski definition) is 3. The van der Waals surface area contributed by atoms with Crippen LogP contribution in [0.15, 0.2) is 60.7 Å². The molecule has 14 nitrogen and oxygen atoms in total. The molecule has 8 atom stereocenters. The fourth-order valence-corrected chi connectivity index (χ4v) is 10.1. The summed E-state index contributed by atoms with van der Waals surface area (Å²) in [6, 6.07) is 6.27. The molecule has 4 aliphatic rings. The van der Waals surface area contributed by atoms with Gasteiger partial charge in [0.05, 0.1) is 24.1 Å². The van der Waals surface area contributed by atoms with Gasteiger partial charge >= 0.3 is 12.3 Å². The van der Waals surface area contributed by atoms with E-state index in [1.54, 1.807) is 36.4 Å². The number of carbonyl (C=O) groups is 4. The van der Waals surface area contributed by atoms with Crippen molar-refractivity contribution in [1.29, 1.82) is 0 Å². The normalized spacial score (nSPS) is 28.3. The maximum Gasteiger partial charge on any atom is 0.408 e. The first-order valence-electron chi connectivity index (χ1n) is 20.9. The topological polar surface area (TPSA) is 185 Å². The van der Waals surface area contributed by atoms with E-state index in [1.165, 1.54) is 45.2 Å². The number of fused-ring (bicyclic) bond motifs is 3. The lowest BCUT2D eigenvalue weighted by molar-refractivity contribution is -0.184. The van der Waals surface area contributed by atoms with Gasteiger partial charge in [0.25, 0.3) is 5.91 Å². The van der Waals surface area contributed by atoms with Gasteiger partial charge in [-0.2, -0.15) is 13.2 Å². The Labute approximate surface area is 362 Å². The molecular weight excluding hydrogens is 851 g/mol. The monoisotopic (exact) mass is 901 g/mol. The molecule has 3 fully saturated rings. The lowest BCUT2D eigenvalue weighted by atomic mass is 9.86. The van der Waals surface area contributed by atoms with Gasteiger partial charge in [0, 0.05) is 23.3 Å². The van der Waals surface area contributed by atoms with Crippen LogP contribution in [0.3, 0.4) is 0 Å². The van der Waals surface area contributed by atoms with Crippen molar-refractivity contribution in [2.45, 2.75) is 113 Å². The van der Waals surface area contributed by atoms with Gasteiger partial charge < -0.3 is 24.8 Å². The van der Waals surface area contributed by atoms with Crippen molar-refractivity contribution in [3.63, 3.8) is 0 Å². The minimum atomic E-state index is -5.07. The molecule has 4 amide bonds. The predicted octanol–water partition coefficient (Wildman–Crippen LogP) is 6.58. The maximum absolute atomic E-state index is 15.0. The number of nitrogens with one attached hydrogen (secondary N) is 2. The van der Waals surface area contributed by atoms with E-state index in [9.17, 15) is 45.5 Å². The molecule has 3 heterocycles. The predicted molar refractivity (Wildman–Crippen MR) is 222 cm³/mol. The van der Waals surface area contributed by atoms with E-state index < -0.39 is 98.7 Å². The maximum atomic E-state index is 15.0. The van der Waals surface area contributed by atoms with E-state index >= 15 is 4.79 Å². The van der Waals surface area contributed by atoms with E-state index in [4.69, 9.17) is 14.5 Å². The van der Waals surface area contributed by atoms with Crippen LogP contribution in [0, 0.1) is 23.6 Å². The highest BCUT2D eigenvalue weighted by Gasteiger charge is 2.63. The van der Waals surface area contributed by atoms with Gasteiger partial charge in [-0.25, -0.2) is 22.6 Å². The van der Waals surface area contributed by atoms with Gasteiger partial charge in [-0.1, -0.05) is 26.0 Å². The van der Waals surface area contributed by atoms with Crippen LogP contribution in [-0.4, -0.2) is 106 Å². The summed E-state index contributed by atoms with van der Waals surface area (Å²) in [6.07, 6.45) is -3.13. The summed E-state index contributed by atoms with van der Waals surface area (Å²) in [5, 5.41) is 14.2. The summed E-state index contributed by atoms with van der Waals surface area (Å²) >= 11 is 0. The minimum absolute atomic E-state index is 0.0224. The number of sulfonamides is 1. The Morgan fingerprint density at radius 3 is 2.41 bits per heavy atom. The van der Waals surface area contributed by atoms with Crippen molar-refractivity contribution in [1.82, 2.24) is 24.8 Å².